The van der Waals surface area contributed by atoms with E-state index in [9.17, 15) is 9.59 Å². The van der Waals surface area contributed by atoms with Gasteiger partial charge >= 0.3 is 0 Å². The van der Waals surface area contributed by atoms with E-state index in [0.29, 0.717) is 16.5 Å². The van der Waals surface area contributed by atoms with Gasteiger partial charge in [-0.15, -0.1) is 0 Å². The first-order valence-corrected chi connectivity index (χ1v) is 8.83. The van der Waals surface area contributed by atoms with Crippen molar-refractivity contribution >= 4 is 23.4 Å². The van der Waals surface area contributed by atoms with Crippen molar-refractivity contribution in [3.63, 3.8) is 0 Å². The van der Waals surface area contributed by atoms with Gasteiger partial charge in [0.1, 0.15) is 0 Å². The summed E-state index contributed by atoms with van der Waals surface area (Å²) in [5.74, 6) is 1.16. The molecule has 4 nitrogen and oxygen atoms in total. The minimum Gasteiger partial charge on any atom is -0.343 e. The topological polar surface area (TPSA) is 49.4 Å². The number of nitrogens with zero attached hydrogens (tertiary/aromatic N) is 1. The van der Waals surface area contributed by atoms with Crippen molar-refractivity contribution in [1.82, 2.24) is 10.2 Å². The molecule has 124 valence electrons. The van der Waals surface area contributed by atoms with Gasteiger partial charge in [0.2, 0.25) is 5.91 Å². The summed E-state index contributed by atoms with van der Waals surface area (Å²) in [7, 11) is 0. The normalized spacial score (nSPS) is 24.0. The second-order valence-corrected chi connectivity index (χ2v) is 7.00. The van der Waals surface area contributed by atoms with Crippen LogP contribution >= 0.6 is 11.6 Å². The molecule has 0 unspecified atom stereocenters. The Hall–Kier alpha value is -1.55. The minimum atomic E-state index is -0.295. The van der Waals surface area contributed by atoms with Crippen molar-refractivity contribution < 1.29 is 9.59 Å². The van der Waals surface area contributed by atoms with E-state index in [4.69, 9.17) is 11.6 Å². The highest BCUT2D eigenvalue weighted by molar-refractivity contribution is 6.33. The lowest BCUT2D eigenvalue weighted by atomic mass is 9.75. The third-order valence-corrected chi connectivity index (χ3v) is 5.49. The Morgan fingerprint density at radius 2 is 1.87 bits per heavy atom. The summed E-state index contributed by atoms with van der Waals surface area (Å²) in [6.45, 7) is 1.72. The van der Waals surface area contributed by atoms with Crippen LogP contribution in [0.1, 0.15) is 42.5 Å². The molecule has 2 amide bonds. The van der Waals surface area contributed by atoms with E-state index in [1.807, 2.05) is 4.90 Å². The molecule has 1 aromatic carbocycles. The molecule has 0 bridgehead atoms. The molecule has 1 aliphatic carbocycles. The Kier molecular flexibility index (Phi) is 5.21. The monoisotopic (exact) mass is 334 g/mol. The number of benzene rings is 1. The number of piperidine rings is 1. The number of carbonyl (C=O) groups excluding carboxylic acids is 2. The maximum atomic E-state index is 12.4. The highest BCUT2D eigenvalue weighted by Gasteiger charge is 2.32. The van der Waals surface area contributed by atoms with E-state index in [-0.39, 0.29) is 18.4 Å². The van der Waals surface area contributed by atoms with E-state index < -0.39 is 0 Å². The fourth-order valence-electron chi connectivity index (χ4n) is 3.84. The zero-order chi connectivity index (χ0) is 16.2. The predicted octanol–water partition coefficient (Wildman–Crippen LogP) is 3.11. The molecular weight excluding hydrogens is 312 g/mol. The van der Waals surface area contributed by atoms with Gasteiger partial charge in [-0.05, 0) is 36.8 Å². The second-order valence-electron chi connectivity index (χ2n) is 6.60. The SMILES string of the molecule is O=C(NCC(=O)N1CC[C@@H]2CCCC[C@H]2C1)c1ccccc1Cl. The molecule has 0 radical (unpaired) electrons. The summed E-state index contributed by atoms with van der Waals surface area (Å²) in [5, 5.41) is 3.10. The van der Waals surface area contributed by atoms with Crippen molar-refractivity contribution in [1.29, 1.82) is 0 Å². The Balaban J connectivity index is 1.51. The molecule has 2 fully saturated rings. The summed E-state index contributed by atoms with van der Waals surface area (Å²) >= 11 is 6.00. The van der Waals surface area contributed by atoms with Crippen LogP contribution in [0, 0.1) is 11.8 Å². The van der Waals surface area contributed by atoms with E-state index >= 15 is 0 Å². The molecule has 1 aliphatic heterocycles. The Bertz CT molecular complexity index is 590. The molecule has 1 saturated carbocycles. The molecule has 5 heteroatoms. The lowest BCUT2D eigenvalue weighted by Gasteiger charge is -2.41. The number of hydrogen-bond donors (Lipinski definition) is 1. The number of hydrogen-bond acceptors (Lipinski definition) is 2. The van der Waals surface area contributed by atoms with Crippen molar-refractivity contribution in [3.8, 4) is 0 Å². The van der Waals surface area contributed by atoms with Gasteiger partial charge in [0.15, 0.2) is 0 Å². The van der Waals surface area contributed by atoms with Gasteiger partial charge in [0.25, 0.3) is 5.91 Å². The van der Waals surface area contributed by atoms with Gasteiger partial charge in [0.05, 0.1) is 17.1 Å². The van der Waals surface area contributed by atoms with Gasteiger partial charge < -0.3 is 10.2 Å². The van der Waals surface area contributed by atoms with E-state index in [1.165, 1.54) is 25.7 Å². The lowest BCUT2D eigenvalue weighted by Crippen LogP contribution is -2.48. The maximum absolute atomic E-state index is 12.4. The Morgan fingerprint density at radius 3 is 2.65 bits per heavy atom. The molecule has 1 saturated heterocycles. The van der Waals surface area contributed by atoms with Crippen LogP contribution in [0.15, 0.2) is 24.3 Å². The first kappa shape index (κ1) is 16.3. The molecule has 0 spiro atoms. The zero-order valence-corrected chi connectivity index (χ0v) is 14.0. The maximum Gasteiger partial charge on any atom is 0.253 e. The molecular formula is C18H23ClN2O2. The van der Waals surface area contributed by atoms with Crippen LogP contribution in [0.4, 0.5) is 0 Å². The van der Waals surface area contributed by atoms with Crippen molar-refractivity contribution in [2.45, 2.75) is 32.1 Å². The highest BCUT2D eigenvalue weighted by atomic mass is 35.5. The van der Waals surface area contributed by atoms with Gasteiger partial charge in [0, 0.05) is 13.1 Å². The molecule has 1 aromatic rings. The van der Waals surface area contributed by atoms with Gasteiger partial charge in [-0.1, -0.05) is 43.0 Å². The zero-order valence-electron chi connectivity index (χ0n) is 13.3. The van der Waals surface area contributed by atoms with Crippen molar-refractivity contribution in [2.24, 2.45) is 11.8 Å². The number of rotatable bonds is 3. The van der Waals surface area contributed by atoms with Gasteiger partial charge in [-0.2, -0.15) is 0 Å². The lowest BCUT2D eigenvalue weighted by molar-refractivity contribution is -0.133. The Labute approximate surface area is 142 Å². The third kappa shape index (κ3) is 3.86. The number of fused-ring (bicyclic) bond motifs is 1. The van der Waals surface area contributed by atoms with Crippen LogP contribution in [0.3, 0.4) is 0 Å². The fraction of sp³-hybridized carbons (Fsp3) is 0.556. The standard InChI is InChI=1S/C18H23ClN2O2/c19-16-8-4-3-7-15(16)18(23)20-11-17(22)21-10-9-13-5-1-2-6-14(13)12-21/h3-4,7-8,13-14H,1-2,5-6,9-12H2,(H,20,23)/t13-,14-/m0/s1. The summed E-state index contributed by atoms with van der Waals surface area (Å²) < 4.78 is 0. The second kappa shape index (κ2) is 7.35. The van der Waals surface area contributed by atoms with Crippen molar-refractivity contribution in [2.75, 3.05) is 19.6 Å². The van der Waals surface area contributed by atoms with Crippen LogP contribution in [-0.2, 0) is 4.79 Å². The average Bonchev–Trinajstić information content (AvgIpc) is 2.59. The molecule has 3 rings (SSSR count). The molecule has 1 N–H and O–H groups in total. The predicted molar refractivity (Wildman–Crippen MR) is 90.4 cm³/mol. The number of carbonyl (C=O) groups is 2. The number of nitrogens with one attached hydrogen (secondary N) is 1. The van der Waals surface area contributed by atoms with E-state index in [2.05, 4.69) is 5.32 Å². The minimum absolute atomic E-state index is 0.00873. The first-order chi connectivity index (χ1) is 11.1. The highest BCUT2D eigenvalue weighted by Crippen LogP contribution is 2.35. The Morgan fingerprint density at radius 1 is 1.13 bits per heavy atom. The van der Waals surface area contributed by atoms with Crippen LogP contribution in [0.25, 0.3) is 0 Å². The molecule has 23 heavy (non-hydrogen) atoms. The van der Waals surface area contributed by atoms with Crippen molar-refractivity contribution in [3.05, 3.63) is 34.9 Å². The van der Waals surface area contributed by atoms with Crippen LogP contribution in [0.2, 0.25) is 5.02 Å². The van der Waals surface area contributed by atoms with Gasteiger partial charge in [-0.3, -0.25) is 9.59 Å². The van der Waals surface area contributed by atoms with E-state index in [0.717, 1.165) is 25.4 Å². The van der Waals surface area contributed by atoms with Crippen LogP contribution in [-0.4, -0.2) is 36.3 Å². The molecule has 0 aromatic heterocycles. The third-order valence-electron chi connectivity index (χ3n) is 5.16. The largest absolute Gasteiger partial charge is 0.343 e. The van der Waals surface area contributed by atoms with Gasteiger partial charge in [-0.25, -0.2) is 0 Å². The quantitative estimate of drug-likeness (QED) is 0.923. The number of halogens is 1. The first-order valence-electron chi connectivity index (χ1n) is 8.45. The molecule has 1 heterocycles. The smallest absolute Gasteiger partial charge is 0.253 e. The summed E-state index contributed by atoms with van der Waals surface area (Å²) in [5.41, 5.74) is 0.410. The fourth-order valence-corrected chi connectivity index (χ4v) is 4.06. The molecule has 2 atom stereocenters. The molecule has 2 aliphatic rings. The summed E-state index contributed by atoms with van der Waals surface area (Å²) in [4.78, 5) is 26.4. The van der Waals surface area contributed by atoms with E-state index in [1.54, 1.807) is 24.3 Å². The average molecular weight is 335 g/mol. The van der Waals surface area contributed by atoms with Crippen LogP contribution in [0.5, 0.6) is 0 Å². The van der Waals surface area contributed by atoms with Crippen LogP contribution < -0.4 is 5.32 Å². The number of likely N-dealkylation sites (tertiary alicyclic amines) is 1. The summed E-state index contributed by atoms with van der Waals surface area (Å²) in [6, 6.07) is 6.87. The summed E-state index contributed by atoms with van der Waals surface area (Å²) in [6.07, 6.45) is 6.28. The number of amides is 2.